The van der Waals surface area contributed by atoms with E-state index in [1.54, 1.807) is 12.1 Å². The molecule has 1 fully saturated rings. The molecule has 0 aliphatic heterocycles. The van der Waals surface area contributed by atoms with E-state index < -0.39 is 0 Å². The summed E-state index contributed by atoms with van der Waals surface area (Å²) < 4.78 is 13.8. The molecule has 0 spiro atoms. The van der Waals surface area contributed by atoms with Crippen LogP contribution in [0.1, 0.15) is 38.3 Å². The first-order chi connectivity index (χ1) is 9.13. The van der Waals surface area contributed by atoms with Crippen LogP contribution in [-0.4, -0.2) is 31.1 Å². The second kappa shape index (κ2) is 6.49. The number of halogens is 1. The SMILES string of the molecule is CCNC(CN(C)C(C)c1ccccc1F)C1CC1. The molecule has 2 atom stereocenters. The van der Waals surface area contributed by atoms with Crippen LogP contribution in [0, 0.1) is 11.7 Å². The maximum atomic E-state index is 13.8. The van der Waals surface area contributed by atoms with E-state index in [0.717, 1.165) is 24.6 Å². The lowest BCUT2D eigenvalue weighted by molar-refractivity contribution is 0.218. The van der Waals surface area contributed by atoms with Gasteiger partial charge in [-0.15, -0.1) is 0 Å². The average Bonchev–Trinajstić information content (AvgIpc) is 3.22. The molecule has 0 aromatic heterocycles. The molecule has 0 saturated heterocycles. The van der Waals surface area contributed by atoms with Crippen molar-refractivity contribution < 1.29 is 4.39 Å². The van der Waals surface area contributed by atoms with Gasteiger partial charge in [0.25, 0.3) is 0 Å². The van der Waals surface area contributed by atoms with Crippen molar-refractivity contribution in [1.29, 1.82) is 0 Å². The summed E-state index contributed by atoms with van der Waals surface area (Å²) in [6, 6.07) is 7.74. The normalized spacial score (nSPS) is 18.6. The summed E-state index contributed by atoms with van der Waals surface area (Å²) in [4.78, 5) is 2.25. The van der Waals surface area contributed by atoms with Crippen molar-refractivity contribution >= 4 is 0 Å². The van der Waals surface area contributed by atoms with Gasteiger partial charge < -0.3 is 5.32 Å². The van der Waals surface area contributed by atoms with Gasteiger partial charge >= 0.3 is 0 Å². The maximum Gasteiger partial charge on any atom is 0.127 e. The summed E-state index contributed by atoms with van der Waals surface area (Å²) in [5.74, 6) is 0.712. The Morgan fingerprint density at radius 3 is 2.63 bits per heavy atom. The first kappa shape index (κ1) is 14.5. The maximum absolute atomic E-state index is 13.8. The molecule has 1 aliphatic carbocycles. The summed E-state index contributed by atoms with van der Waals surface area (Å²) in [6.45, 7) is 6.21. The summed E-state index contributed by atoms with van der Waals surface area (Å²) >= 11 is 0. The molecule has 1 N–H and O–H groups in total. The predicted molar refractivity (Wildman–Crippen MR) is 77.6 cm³/mol. The molecule has 2 rings (SSSR count). The Morgan fingerprint density at radius 1 is 1.37 bits per heavy atom. The Morgan fingerprint density at radius 2 is 2.05 bits per heavy atom. The molecule has 0 amide bonds. The molecule has 106 valence electrons. The van der Waals surface area contributed by atoms with E-state index >= 15 is 0 Å². The highest BCUT2D eigenvalue weighted by atomic mass is 19.1. The van der Waals surface area contributed by atoms with Gasteiger partial charge in [-0.2, -0.15) is 0 Å². The fourth-order valence-corrected chi connectivity index (χ4v) is 2.66. The third kappa shape index (κ3) is 3.77. The van der Waals surface area contributed by atoms with Crippen LogP contribution < -0.4 is 5.32 Å². The third-order valence-corrected chi connectivity index (χ3v) is 4.16. The smallest absolute Gasteiger partial charge is 0.127 e. The summed E-state index contributed by atoms with van der Waals surface area (Å²) in [7, 11) is 2.09. The summed E-state index contributed by atoms with van der Waals surface area (Å²) in [5.41, 5.74) is 0.788. The van der Waals surface area contributed by atoms with Crippen molar-refractivity contribution in [3.63, 3.8) is 0 Å². The molecular weight excluding hydrogens is 239 g/mol. The fraction of sp³-hybridized carbons (Fsp3) is 0.625. The number of rotatable bonds is 7. The fourth-order valence-electron chi connectivity index (χ4n) is 2.66. The van der Waals surface area contributed by atoms with Gasteiger partial charge in [0, 0.05) is 24.2 Å². The van der Waals surface area contributed by atoms with Crippen molar-refractivity contribution in [2.45, 2.75) is 38.8 Å². The number of likely N-dealkylation sites (N-methyl/N-ethyl adjacent to an activating group) is 2. The number of hydrogen-bond donors (Lipinski definition) is 1. The van der Waals surface area contributed by atoms with Crippen LogP contribution in [-0.2, 0) is 0 Å². The van der Waals surface area contributed by atoms with Gasteiger partial charge in [0.2, 0.25) is 0 Å². The van der Waals surface area contributed by atoms with Crippen LogP contribution in [0.2, 0.25) is 0 Å². The molecule has 19 heavy (non-hydrogen) atoms. The van der Waals surface area contributed by atoms with Crippen molar-refractivity contribution in [2.24, 2.45) is 5.92 Å². The molecule has 0 radical (unpaired) electrons. The lowest BCUT2D eigenvalue weighted by Crippen LogP contribution is -2.42. The lowest BCUT2D eigenvalue weighted by atomic mass is 10.1. The largest absolute Gasteiger partial charge is 0.313 e. The zero-order chi connectivity index (χ0) is 13.8. The highest BCUT2D eigenvalue weighted by Crippen LogP contribution is 2.33. The van der Waals surface area contributed by atoms with E-state index in [1.807, 2.05) is 12.1 Å². The van der Waals surface area contributed by atoms with Gasteiger partial charge in [0.15, 0.2) is 0 Å². The minimum atomic E-state index is -0.103. The Labute approximate surface area is 116 Å². The van der Waals surface area contributed by atoms with Crippen LogP contribution >= 0.6 is 0 Å². The topological polar surface area (TPSA) is 15.3 Å². The Hall–Kier alpha value is -0.930. The Bertz CT molecular complexity index is 403. The van der Waals surface area contributed by atoms with Gasteiger partial charge in [-0.05, 0) is 45.3 Å². The van der Waals surface area contributed by atoms with E-state index in [4.69, 9.17) is 0 Å². The van der Waals surface area contributed by atoms with Gasteiger partial charge in [-0.3, -0.25) is 4.90 Å². The first-order valence-electron chi connectivity index (χ1n) is 7.31. The van der Waals surface area contributed by atoms with E-state index in [0.29, 0.717) is 6.04 Å². The number of nitrogens with zero attached hydrogens (tertiary/aromatic N) is 1. The second-order valence-corrected chi connectivity index (χ2v) is 5.64. The monoisotopic (exact) mass is 264 g/mol. The van der Waals surface area contributed by atoms with Crippen LogP contribution in [0.3, 0.4) is 0 Å². The van der Waals surface area contributed by atoms with Crippen LogP contribution in [0.5, 0.6) is 0 Å². The van der Waals surface area contributed by atoms with E-state index in [9.17, 15) is 4.39 Å². The highest BCUT2D eigenvalue weighted by molar-refractivity contribution is 5.20. The average molecular weight is 264 g/mol. The second-order valence-electron chi connectivity index (χ2n) is 5.64. The van der Waals surface area contributed by atoms with Crippen molar-refractivity contribution in [3.05, 3.63) is 35.6 Å². The van der Waals surface area contributed by atoms with Gasteiger partial charge in [-0.25, -0.2) is 4.39 Å². The van der Waals surface area contributed by atoms with Crippen molar-refractivity contribution in [2.75, 3.05) is 20.1 Å². The van der Waals surface area contributed by atoms with Crippen molar-refractivity contribution in [1.82, 2.24) is 10.2 Å². The Balaban J connectivity index is 1.98. The van der Waals surface area contributed by atoms with Gasteiger partial charge in [0.1, 0.15) is 5.82 Å². The lowest BCUT2D eigenvalue weighted by Gasteiger charge is -2.30. The summed E-state index contributed by atoms with van der Waals surface area (Å²) in [5, 5.41) is 3.56. The molecule has 1 aromatic carbocycles. The first-order valence-corrected chi connectivity index (χ1v) is 7.31. The van der Waals surface area contributed by atoms with E-state index in [2.05, 4.69) is 31.1 Å². The van der Waals surface area contributed by atoms with E-state index in [-0.39, 0.29) is 11.9 Å². The minimum absolute atomic E-state index is 0.103. The molecule has 0 bridgehead atoms. The summed E-state index contributed by atoms with van der Waals surface area (Å²) in [6.07, 6.45) is 2.67. The zero-order valence-corrected chi connectivity index (χ0v) is 12.2. The third-order valence-electron chi connectivity index (χ3n) is 4.16. The van der Waals surface area contributed by atoms with E-state index in [1.165, 1.54) is 12.8 Å². The van der Waals surface area contributed by atoms with Gasteiger partial charge in [0.05, 0.1) is 0 Å². The van der Waals surface area contributed by atoms with Crippen LogP contribution in [0.15, 0.2) is 24.3 Å². The van der Waals surface area contributed by atoms with Gasteiger partial charge in [-0.1, -0.05) is 25.1 Å². The molecular formula is C16H25FN2. The minimum Gasteiger partial charge on any atom is -0.313 e. The zero-order valence-electron chi connectivity index (χ0n) is 12.2. The van der Waals surface area contributed by atoms with Crippen LogP contribution in [0.4, 0.5) is 4.39 Å². The quantitative estimate of drug-likeness (QED) is 0.813. The standard InChI is InChI=1S/C16H25FN2/c1-4-18-16(13-9-10-13)11-19(3)12(2)14-7-5-6-8-15(14)17/h5-8,12-13,16,18H,4,9-11H2,1-3H3. The molecule has 1 aromatic rings. The Kier molecular flexibility index (Phi) is 4.94. The molecule has 2 unspecified atom stereocenters. The highest BCUT2D eigenvalue weighted by Gasteiger charge is 2.32. The molecule has 1 aliphatic rings. The molecule has 3 heteroatoms. The molecule has 1 saturated carbocycles. The number of nitrogens with one attached hydrogen (secondary N) is 1. The van der Waals surface area contributed by atoms with Crippen molar-refractivity contribution in [3.8, 4) is 0 Å². The number of hydrogen-bond acceptors (Lipinski definition) is 2. The van der Waals surface area contributed by atoms with Crippen LogP contribution in [0.25, 0.3) is 0 Å². The molecule has 0 heterocycles. The number of benzene rings is 1. The molecule has 2 nitrogen and oxygen atoms in total. The predicted octanol–water partition coefficient (Wildman–Crippen LogP) is 3.21.